The Morgan fingerprint density at radius 1 is 1.23 bits per heavy atom. The van der Waals surface area contributed by atoms with Crippen LogP contribution in [0.3, 0.4) is 0 Å². The number of fused-ring (bicyclic) bond motifs is 1. The van der Waals surface area contributed by atoms with E-state index in [1.807, 2.05) is 7.05 Å². The van der Waals surface area contributed by atoms with Gasteiger partial charge in [0.1, 0.15) is 16.5 Å². The van der Waals surface area contributed by atoms with Gasteiger partial charge in [0.2, 0.25) is 5.91 Å². The molecule has 1 amide bonds. The fraction of sp³-hybridized carbons (Fsp3) is 0.400. The number of carbonyl (C=O) groups excluding carboxylic acids is 2. The first-order valence-electron chi connectivity index (χ1n) is 9.42. The number of ether oxygens (including phenoxy) is 2. The van der Waals surface area contributed by atoms with Crippen molar-refractivity contribution in [2.75, 3.05) is 38.4 Å². The number of esters is 1. The molecule has 0 bridgehead atoms. The number of thiophene rings is 1. The number of amides is 1. The standard InChI is InChI=1S/C20H24N2O6S2/c1-4-28-20(24)18-15-9-10-22(2)11-16(15)29-19(18)21-17(23)12-30(25,26)14-7-5-13(27-3)6-8-14/h5-8H,4,9-12H2,1-3H3,(H,21,23). The fourth-order valence-corrected chi connectivity index (χ4v) is 5.71. The molecule has 0 fully saturated rings. The number of likely N-dealkylation sites (N-methyl/N-ethyl adjacent to an activating group) is 1. The molecule has 0 atom stereocenters. The van der Waals surface area contributed by atoms with E-state index in [1.165, 1.54) is 42.7 Å². The minimum absolute atomic E-state index is 0.0242. The van der Waals surface area contributed by atoms with Crippen LogP contribution < -0.4 is 10.1 Å². The first-order valence-corrected chi connectivity index (χ1v) is 11.9. The van der Waals surface area contributed by atoms with E-state index in [9.17, 15) is 18.0 Å². The van der Waals surface area contributed by atoms with Crippen molar-refractivity contribution in [3.63, 3.8) is 0 Å². The van der Waals surface area contributed by atoms with Crippen LogP contribution in [-0.2, 0) is 32.3 Å². The molecule has 1 aliphatic heterocycles. The van der Waals surface area contributed by atoms with Gasteiger partial charge in [0.15, 0.2) is 9.84 Å². The van der Waals surface area contributed by atoms with Gasteiger partial charge in [-0.3, -0.25) is 4.79 Å². The van der Waals surface area contributed by atoms with Crippen LogP contribution in [0.4, 0.5) is 5.00 Å². The third kappa shape index (κ3) is 4.82. The molecule has 0 unspecified atom stereocenters. The molecule has 10 heteroatoms. The molecule has 0 aliphatic carbocycles. The summed E-state index contributed by atoms with van der Waals surface area (Å²) in [7, 11) is -0.385. The molecule has 1 aliphatic rings. The Morgan fingerprint density at radius 2 is 1.93 bits per heavy atom. The van der Waals surface area contributed by atoms with Crippen molar-refractivity contribution in [2.45, 2.75) is 24.8 Å². The van der Waals surface area contributed by atoms with Crippen molar-refractivity contribution in [3.05, 3.63) is 40.3 Å². The van der Waals surface area contributed by atoms with E-state index in [0.29, 0.717) is 29.3 Å². The molecule has 162 valence electrons. The van der Waals surface area contributed by atoms with Crippen molar-refractivity contribution >= 4 is 38.1 Å². The van der Waals surface area contributed by atoms with Crippen molar-refractivity contribution in [2.24, 2.45) is 0 Å². The maximum Gasteiger partial charge on any atom is 0.341 e. The van der Waals surface area contributed by atoms with Crippen LogP contribution in [0.15, 0.2) is 29.2 Å². The minimum atomic E-state index is -3.85. The number of hydrogen-bond donors (Lipinski definition) is 1. The molecule has 0 saturated carbocycles. The summed E-state index contributed by atoms with van der Waals surface area (Å²) in [5.41, 5.74) is 1.20. The predicted octanol–water partition coefficient (Wildman–Crippen LogP) is 2.33. The van der Waals surface area contributed by atoms with Crippen molar-refractivity contribution in [1.82, 2.24) is 4.90 Å². The van der Waals surface area contributed by atoms with E-state index >= 15 is 0 Å². The maximum absolute atomic E-state index is 12.6. The number of nitrogens with one attached hydrogen (secondary N) is 1. The molecule has 2 aromatic rings. The van der Waals surface area contributed by atoms with Gasteiger partial charge in [0, 0.05) is 18.0 Å². The third-order valence-electron chi connectivity index (χ3n) is 4.72. The first-order chi connectivity index (χ1) is 14.2. The van der Waals surface area contributed by atoms with Gasteiger partial charge >= 0.3 is 5.97 Å². The summed E-state index contributed by atoms with van der Waals surface area (Å²) < 4.78 is 35.4. The zero-order chi connectivity index (χ0) is 21.9. The van der Waals surface area contributed by atoms with E-state index in [0.717, 1.165) is 17.0 Å². The number of rotatable bonds is 7. The van der Waals surface area contributed by atoms with Crippen LogP contribution in [0.5, 0.6) is 5.75 Å². The monoisotopic (exact) mass is 452 g/mol. The lowest BCUT2D eigenvalue weighted by molar-refractivity contribution is -0.113. The Kier molecular flexibility index (Phi) is 6.79. The molecule has 8 nitrogen and oxygen atoms in total. The molecule has 0 saturated heterocycles. The molecular weight excluding hydrogens is 428 g/mol. The molecule has 1 aromatic carbocycles. The highest BCUT2D eigenvalue weighted by molar-refractivity contribution is 7.92. The number of anilines is 1. The second kappa shape index (κ2) is 9.15. The summed E-state index contributed by atoms with van der Waals surface area (Å²) in [5.74, 6) is -1.42. The molecule has 2 heterocycles. The Labute approximate surface area is 179 Å². The summed E-state index contributed by atoms with van der Waals surface area (Å²) in [4.78, 5) is 28.2. The normalized spacial score (nSPS) is 14.1. The summed E-state index contributed by atoms with van der Waals surface area (Å²) in [5, 5.41) is 2.96. The molecule has 30 heavy (non-hydrogen) atoms. The van der Waals surface area contributed by atoms with Gasteiger partial charge in [-0.25, -0.2) is 13.2 Å². The van der Waals surface area contributed by atoms with Crippen LogP contribution in [0, 0.1) is 0 Å². The quantitative estimate of drug-likeness (QED) is 0.643. The van der Waals surface area contributed by atoms with Crippen molar-refractivity contribution < 1.29 is 27.5 Å². The number of benzene rings is 1. The Balaban J connectivity index is 1.82. The summed E-state index contributed by atoms with van der Waals surface area (Å²) in [6, 6.07) is 5.83. The van der Waals surface area contributed by atoms with Crippen LogP contribution in [0.1, 0.15) is 27.7 Å². The van der Waals surface area contributed by atoms with Crippen LogP contribution in [0.25, 0.3) is 0 Å². The molecule has 1 N–H and O–H groups in total. The number of nitrogens with zero attached hydrogens (tertiary/aromatic N) is 1. The lowest BCUT2D eigenvalue weighted by Gasteiger charge is -2.22. The number of sulfone groups is 1. The van der Waals surface area contributed by atoms with Crippen LogP contribution >= 0.6 is 11.3 Å². The number of hydrogen-bond acceptors (Lipinski definition) is 8. The second-order valence-electron chi connectivity index (χ2n) is 6.90. The highest BCUT2D eigenvalue weighted by Gasteiger charge is 2.29. The summed E-state index contributed by atoms with van der Waals surface area (Å²) >= 11 is 1.29. The summed E-state index contributed by atoms with van der Waals surface area (Å²) in [6.07, 6.45) is 0.663. The highest BCUT2D eigenvalue weighted by Crippen LogP contribution is 2.37. The average molecular weight is 453 g/mol. The van der Waals surface area contributed by atoms with E-state index in [2.05, 4.69) is 10.2 Å². The van der Waals surface area contributed by atoms with E-state index < -0.39 is 27.5 Å². The van der Waals surface area contributed by atoms with Gasteiger partial charge in [-0.05, 0) is 50.2 Å². The van der Waals surface area contributed by atoms with Gasteiger partial charge in [0.25, 0.3) is 0 Å². The smallest absolute Gasteiger partial charge is 0.341 e. The van der Waals surface area contributed by atoms with Gasteiger partial charge < -0.3 is 19.7 Å². The largest absolute Gasteiger partial charge is 0.497 e. The topological polar surface area (TPSA) is 102 Å². The molecular formula is C20H24N2O6S2. The van der Waals surface area contributed by atoms with Gasteiger partial charge in [-0.2, -0.15) is 0 Å². The van der Waals surface area contributed by atoms with Gasteiger partial charge in [0.05, 0.1) is 24.2 Å². The van der Waals surface area contributed by atoms with E-state index in [-0.39, 0.29) is 11.5 Å². The minimum Gasteiger partial charge on any atom is -0.497 e. The zero-order valence-electron chi connectivity index (χ0n) is 17.1. The van der Waals surface area contributed by atoms with E-state index in [4.69, 9.17) is 9.47 Å². The Morgan fingerprint density at radius 3 is 2.57 bits per heavy atom. The van der Waals surface area contributed by atoms with E-state index in [1.54, 1.807) is 6.92 Å². The zero-order valence-corrected chi connectivity index (χ0v) is 18.7. The molecule has 3 rings (SSSR count). The molecule has 0 radical (unpaired) electrons. The van der Waals surface area contributed by atoms with Crippen LogP contribution in [-0.4, -0.2) is 58.3 Å². The second-order valence-corrected chi connectivity index (χ2v) is 9.99. The fourth-order valence-electron chi connectivity index (χ4n) is 3.24. The Bertz CT molecular complexity index is 1040. The van der Waals surface area contributed by atoms with Gasteiger partial charge in [-0.15, -0.1) is 11.3 Å². The first kappa shape index (κ1) is 22.3. The predicted molar refractivity (Wildman–Crippen MR) is 114 cm³/mol. The average Bonchev–Trinajstić information content (AvgIpc) is 3.04. The number of methoxy groups -OCH3 is 1. The summed E-state index contributed by atoms with van der Waals surface area (Å²) in [6.45, 7) is 3.37. The van der Waals surface area contributed by atoms with Crippen molar-refractivity contribution in [1.29, 1.82) is 0 Å². The SMILES string of the molecule is CCOC(=O)c1c(NC(=O)CS(=O)(=O)c2ccc(OC)cc2)sc2c1CCN(C)C2. The highest BCUT2D eigenvalue weighted by atomic mass is 32.2. The number of carbonyl (C=O) groups is 2. The van der Waals surface area contributed by atoms with Gasteiger partial charge in [-0.1, -0.05) is 0 Å². The third-order valence-corrected chi connectivity index (χ3v) is 7.48. The van der Waals surface area contributed by atoms with Crippen molar-refractivity contribution in [3.8, 4) is 5.75 Å². The lowest BCUT2D eigenvalue weighted by atomic mass is 10.0. The molecule has 1 aromatic heterocycles. The van der Waals surface area contributed by atoms with Crippen LogP contribution in [0.2, 0.25) is 0 Å². The maximum atomic E-state index is 12.6. The molecule has 0 spiro atoms. The lowest BCUT2D eigenvalue weighted by Crippen LogP contribution is -2.26. The Hall–Kier alpha value is -2.43.